The Balaban J connectivity index is 4.53. The van der Waals surface area contributed by atoms with Crippen molar-refractivity contribution in [3.63, 3.8) is 0 Å². The Hall–Kier alpha value is -1.12. The quantitative estimate of drug-likeness (QED) is 0.483. The van der Waals surface area contributed by atoms with Crippen LogP contribution in [0.15, 0.2) is 12.2 Å². The van der Waals surface area contributed by atoms with Crippen molar-refractivity contribution in [1.29, 1.82) is 0 Å². The van der Waals surface area contributed by atoms with Crippen molar-refractivity contribution < 1.29 is 14.7 Å². The van der Waals surface area contributed by atoms with Gasteiger partial charge in [0.1, 0.15) is 0 Å². The van der Waals surface area contributed by atoms with Crippen molar-refractivity contribution in [2.45, 2.75) is 20.8 Å². The Bertz CT molecular complexity index is 208. The van der Waals surface area contributed by atoms with Gasteiger partial charge in [0.25, 0.3) is 5.78 Å². The standard InChI is InChI=1S/C8H12O3/c1-5(8(2,3)4)6(9)7(10)11/h1H2,2-4H3,(H,10,11). The second kappa shape index (κ2) is 2.86. The van der Waals surface area contributed by atoms with Gasteiger partial charge in [-0.3, -0.25) is 4.79 Å². The maximum atomic E-state index is 10.8. The van der Waals surface area contributed by atoms with E-state index in [1.54, 1.807) is 20.8 Å². The monoisotopic (exact) mass is 156 g/mol. The van der Waals surface area contributed by atoms with Gasteiger partial charge in [0.2, 0.25) is 0 Å². The van der Waals surface area contributed by atoms with Crippen molar-refractivity contribution in [2.75, 3.05) is 0 Å². The summed E-state index contributed by atoms with van der Waals surface area (Å²) in [6, 6.07) is 0. The van der Waals surface area contributed by atoms with Crippen LogP contribution in [0.2, 0.25) is 0 Å². The van der Waals surface area contributed by atoms with Crippen LogP contribution in [0.3, 0.4) is 0 Å². The summed E-state index contributed by atoms with van der Waals surface area (Å²) < 4.78 is 0. The molecule has 0 aliphatic rings. The van der Waals surface area contributed by atoms with E-state index in [1.807, 2.05) is 0 Å². The summed E-state index contributed by atoms with van der Waals surface area (Å²) in [7, 11) is 0. The molecule has 0 aliphatic heterocycles. The number of carbonyl (C=O) groups excluding carboxylic acids is 1. The molecule has 0 aromatic heterocycles. The zero-order chi connectivity index (χ0) is 9.23. The number of rotatable bonds is 2. The first kappa shape index (κ1) is 9.88. The molecule has 1 N–H and O–H groups in total. The van der Waals surface area contributed by atoms with E-state index in [4.69, 9.17) is 5.11 Å². The highest BCUT2D eigenvalue weighted by Crippen LogP contribution is 2.23. The van der Waals surface area contributed by atoms with Gasteiger partial charge in [-0.25, -0.2) is 4.79 Å². The molecule has 0 unspecified atom stereocenters. The summed E-state index contributed by atoms with van der Waals surface area (Å²) >= 11 is 0. The maximum Gasteiger partial charge on any atom is 0.376 e. The van der Waals surface area contributed by atoms with Crippen molar-refractivity contribution in [2.24, 2.45) is 5.41 Å². The molecule has 0 saturated heterocycles. The Labute approximate surface area is 65.7 Å². The number of carbonyl (C=O) groups is 2. The van der Waals surface area contributed by atoms with Crippen molar-refractivity contribution in [3.05, 3.63) is 12.2 Å². The smallest absolute Gasteiger partial charge is 0.376 e. The van der Waals surface area contributed by atoms with E-state index in [-0.39, 0.29) is 5.57 Å². The van der Waals surface area contributed by atoms with Crippen LogP contribution in [0, 0.1) is 5.41 Å². The number of hydrogen-bond acceptors (Lipinski definition) is 2. The molecule has 0 atom stereocenters. The second-order valence-corrected chi connectivity index (χ2v) is 3.36. The number of hydrogen-bond donors (Lipinski definition) is 1. The third kappa shape index (κ3) is 2.53. The fourth-order valence-electron chi connectivity index (χ4n) is 0.470. The lowest BCUT2D eigenvalue weighted by Crippen LogP contribution is -2.23. The minimum atomic E-state index is -1.44. The topological polar surface area (TPSA) is 54.4 Å². The first-order chi connectivity index (χ1) is 4.76. The lowest BCUT2D eigenvalue weighted by atomic mass is 9.85. The summed E-state index contributed by atoms with van der Waals surface area (Å²) in [6.45, 7) is 8.66. The van der Waals surface area contributed by atoms with Gasteiger partial charge in [-0.15, -0.1) is 0 Å². The van der Waals surface area contributed by atoms with Gasteiger partial charge >= 0.3 is 5.97 Å². The number of Topliss-reactive ketones (excluding diaryl/α,β-unsaturated/α-hetero) is 1. The van der Waals surface area contributed by atoms with E-state index in [9.17, 15) is 9.59 Å². The summed E-state index contributed by atoms with van der Waals surface area (Å²) in [6.07, 6.45) is 0. The highest BCUT2D eigenvalue weighted by molar-refractivity contribution is 6.39. The van der Waals surface area contributed by atoms with Gasteiger partial charge in [0, 0.05) is 5.57 Å². The summed E-state index contributed by atoms with van der Waals surface area (Å²) in [4.78, 5) is 21.0. The zero-order valence-electron chi connectivity index (χ0n) is 6.97. The molecule has 62 valence electrons. The average molecular weight is 156 g/mol. The molecule has 0 rings (SSSR count). The first-order valence-corrected chi connectivity index (χ1v) is 3.24. The fraction of sp³-hybridized carbons (Fsp3) is 0.500. The summed E-state index contributed by atoms with van der Waals surface area (Å²) in [5, 5.41) is 8.31. The third-order valence-electron chi connectivity index (χ3n) is 1.37. The molecule has 0 fully saturated rings. The Morgan fingerprint density at radius 2 is 1.64 bits per heavy atom. The summed E-state index contributed by atoms with van der Waals surface area (Å²) in [5.41, 5.74) is -0.333. The normalized spacial score (nSPS) is 10.8. The van der Waals surface area contributed by atoms with Gasteiger partial charge in [0.15, 0.2) is 0 Å². The second-order valence-electron chi connectivity index (χ2n) is 3.36. The van der Waals surface area contributed by atoms with Crippen LogP contribution in [0.1, 0.15) is 20.8 Å². The molecular weight excluding hydrogens is 144 g/mol. The molecule has 0 bridgehead atoms. The van der Waals surface area contributed by atoms with E-state index in [2.05, 4.69) is 6.58 Å². The van der Waals surface area contributed by atoms with Crippen molar-refractivity contribution >= 4 is 11.8 Å². The molecule has 0 amide bonds. The molecule has 3 nitrogen and oxygen atoms in total. The Morgan fingerprint density at radius 1 is 1.27 bits per heavy atom. The SMILES string of the molecule is C=C(C(=O)C(=O)O)C(C)(C)C. The zero-order valence-corrected chi connectivity index (χ0v) is 6.97. The minimum Gasteiger partial charge on any atom is -0.475 e. The molecule has 0 aromatic rings. The number of aliphatic carboxylic acids is 1. The third-order valence-corrected chi connectivity index (χ3v) is 1.37. The first-order valence-electron chi connectivity index (χ1n) is 3.24. The number of ketones is 1. The van der Waals surface area contributed by atoms with Crippen molar-refractivity contribution in [1.82, 2.24) is 0 Å². The van der Waals surface area contributed by atoms with E-state index in [0.29, 0.717) is 0 Å². The fourth-order valence-corrected chi connectivity index (χ4v) is 0.470. The molecule has 0 heterocycles. The van der Waals surface area contributed by atoms with E-state index >= 15 is 0 Å². The predicted molar refractivity (Wildman–Crippen MR) is 41.2 cm³/mol. The highest BCUT2D eigenvalue weighted by atomic mass is 16.4. The van der Waals surface area contributed by atoms with E-state index in [0.717, 1.165) is 0 Å². The van der Waals surface area contributed by atoms with Crippen LogP contribution in [0.5, 0.6) is 0 Å². The lowest BCUT2D eigenvalue weighted by Gasteiger charge is -2.18. The van der Waals surface area contributed by atoms with E-state index in [1.165, 1.54) is 0 Å². The molecule has 3 heteroatoms. The molecule has 11 heavy (non-hydrogen) atoms. The van der Waals surface area contributed by atoms with Gasteiger partial charge in [-0.05, 0) is 5.41 Å². The van der Waals surface area contributed by atoms with Crippen molar-refractivity contribution in [3.8, 4) is 0 Å². The van der Waals surface area contributed by atoms with Crippen LogP contribution >= 0.6 is 0 Å². The average Bonchev–Trinajstić information content (AvgIpc) is 1.82. The lowest BCUT2D eigenvalue weighted by molar-refractivity contribution is -0.147. The largest absolute Gasteiger partial charge is 0.475 e. The van der Waals surface area contributed by atoms with Gasteiger partial charge in [0.05, 0.1) is 0 Å². The molecule has 0 aromatic carbocycles. The van der Waals surface area contributed by atoms with Crippen LogP contribution < -0.4 is 0 Å². The Morgan fingerprint density at radius 3 is 1.73 bits per heavy atom. The van der Waals surface area contributed by atoms with Crippen LogP contribution in [-0.2, 0) is 9.59 Å². The Kier molecular flexibility index (Phi) is 2.57. The highest BCUT2D eigenvalue weighted by Gasteiger charge is 2.25. The van der Waals surface area contributed by atoms with Gasteiger partial charge in [-0.1, -0.05) is 27.4 Å². The molecule has 0 radical (unpaired) electrons. The minimum absolute atomic E-state index is 0.130. The predicted octanol–water partition coefficient (Wildman–Crippen LogP) is 1.24. The molecule has 0 saturated carbocycles. The van der Waals surface area contributed by atoms with Crippen LogP contribution in [0.4, 0.5) is 0 Å². The summed E-state index contributed by atoms with van der Waals surface area (Å²) in [5.74, 6) is -2.34. The number of carboxylic acid groups (broad SMARTS) is 1. The van der Waals surface area contributed by atoms with Gasteiger partial charge < -0.3 is 5.11 Å². The molecular formula is C8H12O3. The van der Waals surface area contributed by atoms with Gasteiger partial charge in [-0.2, -0.15) is 0 Å². The molecule has 0 aliphatic carbocycles. The van der Waals surface area contributed by atoms with Crippen LogP contribution in [0.25, 0.3) is 0 Å². The van der Waals surface area contributed by atoms with Crippen LogP contribution in [-0.4, -0.2) is 16.9 Å². The van der Waals surface area contributed by atoms with E-state index < -0.39 is 17.2 Å². The maximum absolute atomic E-state index is 10.8. The molecule has 0 spiro atoms. The number of carboxylic acids is 1.